The average molecular weight is 530 g/mol. The number of benzene rings is 3. The van der Waals surface area contributed by atoms with Crippen LogP contribution < -0.4 is 14.4 Å². The maximum atomic E-state index is 13.5. The molecule has 1 aliphatic rings. The molecule has 1 unspecified atom stereocenters. The Morgan fingerprint density at radius 3 is 2.36 bits per heavy atom. The largest absolute Gasteiger partial charge is 0.507 e. The molecule has 1 fully saturated rings. The van der Waals surface area contributed by atoms with Gasteiger partial charge in [0.15, 0.2) is 0 Å². The van der Waals surface area contributed by atoms with E-state index < -0.39 is 23.7 Å². The number of hydrogen-bond donors (Lipinski definition) is 1. The summed E-state index contributed by atoms with van der Waals surface area (Å²) in [5.74, 6) is -1.28. The van der Waals surface area contributed by atoms with E-state index in [1.54, 1.807) is 74.7 Å². The molecule has 3 aromatic rings. The van der Waals surface area contributed by atoms with Crippen molar-refractivity contribution >= 4 is 29.1 Å². The lowest BCUT2D eigenvalue weighted by molar-refractivity contribution is -0.132. The minimum atomic E-state index is -0.984. The van der Waals surface area contributed by atoms with Crippen LogP contribution in [0.1, 0.15) is 59.8 Å². The number of carbonyl (C=O) groups excluding carboxylic acids is 3. The predicted octanol–water partition coefficient (Wildman–Crippen LogP) is 5.63. The third kappa shape index (κ3) is 5.23. The lowest BCUT2D eigenvalue weighted by Crippen LogP contribution is -2.29. The van der Waals surface area contributed by atoms with Crippen molar-refractivity contribution in [1.82, 2.24) is 0 Å². The van der Waals surface area contributed by atoms with Gasteiger partial charge in [0.2, 0.25) is 0 Å². The molecule has 202 valence electrons. The number of ketones is 1. The van der Waals surface area contributed by atoms with E-state index in [9.17, 15) is 19.5 Å². The number of hydrogen-bond acceptors (Lipinski definition) is 7. The Kier molecular flexibility index (Phi) is 8.04. The van der Waals surface area contributed by atoms with Gasteiger partial charge in [0.1, 0.15) is 17.3 Å². The van der Waals surface area contributed by atoms with Crippen LogP contribution in [0.2, 0.25) is 0 Å². The maximum Gasteiger partial charge on any atom is 0.338 e. The van der Waals surface area contributed by atoms with Gasteiger partial charge in [0, 0.05) is 11.3 Å². The summed E-state index contributed by atoms with van der Waals surface area (Å²) < 4.78 is 16.0. The smallest absolute Gasteiger partial charge is 0.338 e. The zero-order chi connectivity index (χ0) is 28.3. The van der Waals surface area contributed by atoms with Crippen molar-refractivity contribution in [2.24, 2.45) is 0 Å². The summed E-state index contributed by atoms with van der Waals surface area (Å²) in [5, 5.41) is 11.5. The molecule has 4 rings (SSSR count). The average Bonchev–Trinajstić information content (AvgIpc) is 3.22. The molecule has 1 N–H and O–H groups in total. The summed E-state index contributed by atoms with van der Waals surface area (Å²) >= 11 is 0. The van der Waals surface area contributed by atoms with Crippen molar-refractivity contribution in [3.63, 3.8) is 0 Å². The van der Waals surface area contributed by atoms with Crippen LogP contribution in [-0.2, 0) is 14.3 Å². The van der Waals surface area contributed by atoms with E-state index in [0.717, 1.165) is 5.56 Å². The van der Waals surface area contributed by atoms with Crippen molar-refractivity contribution in [1.29, 1.82) is 0 Å². The summed E-state index contributed by atoms with van der Waals surface area (Å²) in [6.45, 7) is 5.88. The summed E-state index contributed by atoms with van der Waals surface area (Å²) in [7, 11) is 3.09. The van der Waals surface area contributed by atoms with E-state index >= 15 is 0 Å². The second-order valence-corrected chi connectivity index (χ2v) is 9.33. The minimum Gasteiger partial charge on any atom is -0.507 e. The normalized spacial score (nSPS) is 16.5. The van der Waals surface area contributed by atoms with Crippen molar-refractivity contribution in [2.45, 2.75) is 32.7 Å². The number of amides is 1. The number of aliphatic hydroxyl groups is 1. The monoisotopic (exact) mass is 529 g/mol. The molecular formula is C31H31NO7. The summed E-state index contributed by atoms with van der Waals surface area (Å²) in [6, 6.07) is 17.4. The molecule has 1 atom stereocenters. The molecule has 0 aliphatic carbocycles. The van der Waals surface area contributed by atoms with Crippen molar-refractivity contribution in [2.75, 3.05) is 25.7 Å². The Bertz CT molecular complexity index is 1460. The molecule has 0 saturated carbocycles. The van der Waals surface area contributed by atoms with Gasteiger partial charge in [0.05, 0.1) is 38.0 Å². The first kappa shape index (κ1) is 27.4. The number of aliphatic hydroxyl groups excluding tert-OH is 1. The van der Waals surface area contributed by atoms with Crippen LogP contribution in [0.25, 0.3) is 5.76 Å². The molecule has 8 heteroatoms. The van der Waals surface area contributed by atoms with E-state index in [1.807, 2.05) is 13.8 Å². The Balaban J connectivity index is 1.94. The number of anilines is 1. The van der Waals surface area contributed by atoms with Gasteiger partial charge in [-0.25, -0.2) is 4.79 Å². The van der Waals surface area contributed by atoms with Gasteiger partial charge >= 0.3 is 5.97 Å². The Morgan fingerprint density at radius 1 is 0.949 bits per heavy atom. The van der Waals surface area contributed by atoms with Crippen molar-refractivity contribution in [3.05, 3.63) is 94.6 Å². The summed E-state index contributed by atoms with van der Waals surface area (Å²) in [4.78, 5) is 40.8. The molecule has 0 bridgehead atoms. The molecule has 1 amide bonds. The maximum absolute atomic E-state index is 13.5. The molecule has 1 aliphatic heterocycles. The molecule has 3 aromatic carbocycles. The van der Waals surface area contributed by atoms with E-state index in [2.05, 4.69) is 0 Å². The highest BCUT2D eigenvalue weighted by atomic mass is 16.5. The fraction of sp³-hybridized carbons (Fsp3) is 0.258. The van der Waals surface area contributed by atoms with Gasteiger partial charge in [-0.1, -0.05) is 32.0 Å². The zero-order valence-corrected chi connectivity index (χ0v) is 22.6. The van der Waals surface area contributed by atoms with E-state index in [1.165, 1.54) is 18.1 Å². The number of methoxy groups -OCH3 is 2. The molecule has 1 saturated heterocycles. The predicted molar refractivity (Wildman–Crippen MR) is 147 cm³/mol. The lowest BCUT2D eigenvalue weighted by atomic mass is 9.93. The number of esters is 1. The standard InChI is InChI=1S/C31H31NO7/c1-6-39-31(36)21-10-7-11-22(15-21)32-27(19-9-8-12-23(16-19)37-4)26(29(34)30(32)35)28(33)20-13-14-25(38-5)24(17-20)18(2)3/h7-18,27,33H,6H2,1-5H3/b28-26-. The second kappa shape index (κ2) is 11.4. The van der Waals surface area contributed by atoms with E-state index in [0.29, 0.717) is 28.3 Å². The summed E-state index contributed by atoms with van der Waals surface area (Å²) in [6.07, 6.45) is 0. The first-order valence-electron chi connectivity index (χ1n) is 12.6. The molecule has 8 nitrogen and oxygen atoms in total. The van der Waals surface area contributed by atoms with Gasteiger partial charge in [-0.05, 0) is 72.5 Å². The van der Waals surface area contributed by atoms with Crippen LogP contribution in [0.15, 0.2) is 72.3 Å². The molecular weight excluding hydrogens is 498 g/mol. The molecule has 39 heavy (non-hydrogen) atoms. The van der Waals surface area contributed by atoms with Gasteiger partial charge in [0.25, 0.3) is 11.7 Å². The highest BCUT2D eigenvalue weighted by molar-refractivity contribution is 6.51. The zero-order valence-electron chi connectivity index (χ0n) is 22.6. The topological polar surface area (TPSA) is 102 Å². The van der Waals surface area contributed by atoms with E-state index in [4.69, 9.17) is 14.2 Å². The fourth-order valence-electron chi connectivity index (χ4n) is 4.71. The van der Waals surface area contributed by atoms with Crippen LogP contribution >= 0.6 is 0 Å². The third-order valence-corrected chi connectivity index (χ3v) is 6.61. The van der Waals surface area contributed by atoms with Crippen molar-refractivity contribution < 1.29 is 33.7 Å². The Labute approximate surface area is 227 Å². The Morgan fingerprint density at radius 2 is 1.69 bits per heavy atom. The molecule has 0 spiro atoms. The molecule has 0 radical (unpaired) electrons. The highest BCUT2D eigenvalue weighted by Gasteiger charge is 2.47. The number of nitrogens with zero attached hydrogens (tertiary/aromatic N) is 1. The SMILES string of the molecule is CCOC(=O)c1cccc(N2C(=O)C(=O)/C(=C(\O)c3ccc(OC)c(C(C)C)c3)C2c2cccc(OC)c2)c1. The fourth-order valence-corrected chi connectivity index (χ4v) is 4.71. The Hall–Kier alpha value is -4.59. The van der Waals surface area contributed by atoms with Crippen LogP contribution in [-0.4, -0.2) is 43.6 Å². The van der Waals surface area contributed by atoms with Crippen LogP contribution in [0.3, 0.4) is 0 Å². The first-order valence-corrected chi connectivity index (χ1v) is 12.6. The van der Waals surface area contributed by atoms with Crippen LogP contribution in [0, 0.1) is 0 Å². The number of ether oxygens (including phenoxy) is 3. The van der Waals surface area contributed by atoms with Gasteiger partial charge in [-0.15, -0.1) is 0 Å². The van der Waals surface area contributed by atoms with Crippen LogP contribution in [0.4, 0.5) is 5.69 Å². The van der Waals surface area contributed by atoms with Crippen LogP contribution in [0.5, 0.6) is 11.5 Å². The van der Waals surface area contributed by atoms with Gasteiger partial charge in [-0.2, -0.15) is 0 Å². The second-order valence-electron chi connectivity index (χ2n) is 9.33. The lowest BCUT2D eigenvalue weighted by Gasteiger charge is -2.26. The number of Topliss-reactive ketones (excluding diaryl/α,β-unsaturated/α-hetero) is 1. The minimum absolute atomic E-state index is 0.0744. The first-order chi connectivity index (χ1) is 18.7. The van der Waals surface area contributed by atoms with Gasteiger partial charge < -0.3 is 19.3 Å². The number of carbonyl (C=O) groups is 3. The number of rotatable bonds is 8. The highest BCUT2D eigenvalue weighted by Crippen LogP contribution is 2.43. The summed E-state index contributed by atoms with van der Waals surface area (Å²) in [5.41, 5.74) is 2.25. The van der Waals surface area contributed by atoms with Crippen molar-refractivity contribution in [3.8, 4) is 11.5 Å². The molecule has 1 heterocycles. The third-order valence-electron chi connectivity index (χ3n) is 6.61. The quantitative estimate of drug-likeness (QED) is 0.175. The van der Waals surface area contributed by atoms with Gasteiger partial charge in [-0.3, -0.25) is 14.5 Å². The molecule has 0 aromatic heterocycles. The van der Waals surface area contributed by atoms with E-state index in [-0.39, 0.29) is 29.4 Å².